The number of likely N-dealkylation sites (tertiary alicyclic amines) is 1. The smallest absolute Gasteiger partial charge is 0.135 e. The summed E-state index contributed by atoms with van der Waals surface area (Å²) in [4.78, 5) is 7.90. The van der Waals surface area contributed by atoms with Gasteiger partial charge in [-0.3, -0.25) is 0 Å². The van der Waals surface area contributed by atoms with Gasteiger partial charge in [0.25, 0.3) is 0 Å². The van der Waals surface area contributed by atoms with Gasteiger partial charge in [-0.2, -0.15) is 0 Å². The van der Waals surface area contributed by atoms with Crippen molar-refractivity contribution in [3.05, 3.63) is 82.3 Å². The molecule has 2 atom stereocenters. The molecule has 0 bridgehead atoms. The first kappa shape index (κ1) is 22.8. The number of nitrogens with zero attached hydrogens (tertiary/aromatic N) is 3. The Kier molecular flexibility index (Phi) is 5.79. The molecule has 2 heterocycles. The normalized spacial score (nSPS) is 22.8. The van der Waals surface area contributed by atoms with E-state index in [9.17, 15) is 0 Å². The highest BCUT2D eigenvalue weighted by Gasteiger charge is 2.43. The van der Waals surface area contributed by atoms with Crippen molar-refractivity contribution in [2.45, 2.75) is 71.9 Å². The fraction of sp³-hybridized carbons (Fsp3) is 0.433. The maximum Gasteiger partial charge on any atom is 0.135 e. The number of hydrogen-bond acceptors (Lipinski definition) is 3. The van der Waals surface area contributed by atoms with E-state index in [1.807, 2.05) is 6.07 Å². The van der Waals surface area contributed by atoms with Gasteiger partial charge in [-0.15, -0.1) is 0 Å². The van der Waals surface area contributed by atoms with Crippen molar-refractivity contribution in [1.82, 2.24) is 14.5 Å². The summed E-state index contributed by atoms with van der Waals surface area (Å²) in [5.74, 6) is 2.48. The second-order valence-corrected chi connectivity index (χ2v) is 10.2. The molecule has 1 unspecified atom stereocenters. The molecular formula is C30H37N3O. The van der Waals surface area contributed by atoms with Gasteiger partial charge in [0, 0.05) is 24.7 Å². The van der Waals surface area contributed by atoms with E-state index in [4.69, 9.17) is 9.72 Å². The largest absolute Gasteiger partial charge is 0.497 e. The highest BCUT2D eigenvalue weighted by atomic mass is 16.5. The number of imidazole rings is 1. The van der Waals surface area contributed by atoms with E-state index in [2.05, 4.69) is 86.6 Å². The molecule has 2 aromatic carbocycles. The molecule has 1 fully saturated rings. The van der Waals surface area contributed by atoms with Crippen molar-refractivity contribution in [3.8, 4) is 5.75 Å². The minimum atomic E-state index is -0.131. The number of methoxy groups -OCH3 is 1. The van der Waals surface area contributed by atoms with Crippen LogP contribution in [0, 0.1) is 13.8 Å². The van der Waals surface area contributed by atoms with Gasteiger partial charge in [0.2, 0.25) is 0 Å². The van der Waals surface area contributed by atoms with E-state index in [1.54, 1.807) is 7.11 Å². The lowest BCUT2D eigenvalue weighted by atomic mass is 9.87. The average Bonchev–Trinajstić information content (AvgIpc) is 3.40. The molecule has 0 radical (unpaired) electrons. The summed E-state index contributed by atoms with van der Waals surface area (Å²) in [6.07, 6.45) is 8.21. The van der Waals surface area contributed by atoms with Crippen LogP contribution in [0.1, 0.15) is 68.5 Å². The SMILES string of the molecule is CCn1c([C@]2(C)CCCN2C2=CC(c3cccc(OC)c3)CC=C2C)nc2cc(C)c(C)cc21. The van der Waals surface area contributed by atoms with Crippen LogP contribution < -0.4 is 4.74 Å². The van der Waals surface area contributed by atoms with E-state index in [-0.39, 0.29) is 5.54 Å². The molecule has 2 aliphatic rings. The first-order valence-corrected chi connectivity index (χ1v) is 12.6. The second-order valence-electron chi connectivity index (χ2n) is 10.2. The van der Waals surface area contributed by atoms with Crippen LogP contribution in [0.4, 0.5) is 0 Å². The molecule has 0 spiro atoms. The molecule has 4 heteroatoms. The van der Waals surface area contributed by atoms with Crippen LogP contribution >= 0.6 is 0 Å². The molecule has 3 aromatic rings. The Balaban J connectivity index is 1.59. The second kappa shape index (κ2) is 8.65. The quantitative estimate of drug-likeness (QED) is 0.414. The number of aryl methyl sites for hydroxylation is 3. The summed E-state index contributed by atoms with van der Waals surface area (Å²) in [5, 5.41) is 0. The van der Waals surface area contributed by atoms with Gasteiger partial charge < -0.3 is 14.2 Å². The number of fused-ring (bicyclic) bond motifs is 1. The Morgan fingerprint density at radius 1 is 1.12 bits per heavy atom. The molecule has 1 aliphatic heterocycles. The Hall–Kier alpha value is -3.01. The van der Waals surface area contributed by atoms with E-state index in [0.29, 0.717) is 5.92 Å². The van der Waals surface area contributed by atoms with Crippen LogP contribution in [0.3, 0.4) is 0 Å². The zero-order chi connectivity index (χ0) is 24.0. The van der Waals surface area contributed by atoms with Crippen LogP contribution in [0.15, 0.2) is 59.8 Å². The predicted octanol–water partition coefficient (Wildman–Crippen LogP) is 7.01. The third kappa shape index (κ3) is 3.64. The minimum Gasteiger partial charge on any atom is -0.497 e. The topological polar surface area (TPSA) is 30.3 Å². The molecule has 1 aliphatic carbocycles. The summed E-state index contributed by atoms with van der Waals surface area (Å²) in [6.45, 7) is 13.3. The van der Waals surface area contributed by atoms with E-state index in [1.165, 1.54) is 45.7 Å². The summed E-state index contributed by atoms with van der Waals surface area (Å²) in [6, 6.07) is 13.1. The molecule has 4 nitrogen and oxygen atoms in total. The lowest BCUT2D eigenvalue weighted by molar-refractivity contribution is 0.191. The lowest BCUT2D eigenvalue weighted by Gasteiger charge is -2.40. The van der Waals surface area contributed by atoms with Crippen LogP contribution in [0.5, 0.6) is 5.75 Å². The highest BCUT2D eigenvalue weighted by Crippen LogP contribution is 2.45. The summed E-state index contributed by atoms with van der Waals surface area (Å²) < 4.78 is 7.94. The molecular weight excluding hydrogens is 418 g/mol. The number of aromatic nitrogens is 2. The van der Waals surface area contributed by atoms with Gasteiger partial charge in [-0.25, -0.2) is 4.98 Å². The first-order valence-electron chi connectivity index (χ1n) is 12.6. The number of benzene rings is 2. The van der Waals surface area contributed by atoms with Crippen molar-refractivity contribution >= 4 is 11.0 Å². The van der Waals surface area contributed by atoms with Gasteiger partial charge in [-0.1, -0.05) is 24.3 Å². The maximum atomic E-state index is 5.50. The fourth-order valence-corrected chi connectivity index (χ4v) is 5.90. The van der Waals surface area contributed by atoms with Crippen molar-refractivity contribution in [2.75, 3.05) is 13.7 Å². The lowest BCUT2D eigenvalue weighted by Crippen LogP contribution is -2.41. The first-order chi connectivity index (χ1) is 16.4. The van der Waals surface area contributed by atoms with Gasteiger partial charge in [0.15, 0.2) is 0 Å². The molecule has 5 rings (SSSR count). The fourth-order valence-electron chi connectivity index (χ4n) is 5.90. The van der Waals surface area contributed by atoms with Gasteiger partial charge in [-0.05, 0) is 100 Å². The molecule has 1 aromatic heterocycles. The number of hydrogen-bond donors (Lipinski definition) is 0. The van der Waals surface area contributed by atoms with Crippen LogP contribution in [0.25, 0.3) is 11.0 Å². The maximum absolute atomic E-state index is 5.50. The zero-order valence-corrected chi connectivity index (χ0v) is 21.5. The Labute approximate surface area is 203 Å². The highest BCUT2D eigenvalue weighted by molar-refractivity contribution is 5.78. The monoisotopic (exact) mass is 455 g/mol. The minimum absolute atomic E-state index is 0.131. The molecule has 0 saturated carbocycles. The number of rotatable bonds is 5. The van der Waals surface area contributed by atoms with Gasteiger partial charge in [0.05, 0.1) is 23.7 Å². The van der Waals surface area contributed by atoms with Crippen LogP contribution in [0.2, 0.25) is 0 Å². The van der Waals surface area contributed by atoms with E-state index >= 15 is 0 Å². The molecule has 0 amide bonds. The van der Waals surface area contributed by atoms with Crippen molar-refractivity contribution in [3.63, 3.8) is 0 Å². The van der Waals surface area contributed by atoms with Gasteiger partial charge in [0.1, 0.15) is 11.6 Å². The summed E-state index contributed by atoms with van der Waals surface area (Å²) in [7, 11) is 1.74. The molecule has 34 heavy (non-hydrogen) atoms. The van der Waals surface area contributed by atoms with Crippen LogP contribution in [-0.4, -0.2) is 28.1 Å². The zero-order valence-electron chi connectivity index (χ0n) is 21.5. The third-order valence-corrected chi connectivity index (χ3v) is 8.06. The average molecular weight is 456 g/mol. The van der Waals surface area contributed by atoms with E-state index in [0.717, 1.165) is 37.2 Å². The Bertz CT molecular complexity index is 1300. The van der Waals surface area contributed by atoms with E-state index < -0.39 is 0 Å². The molecule has 1 saturated heterocycles. The molecule has 178 valence electrons. The number of allylic oxidation sites excluding steroid dienone is 3. The van der Waals surface area contributed by atoms with Crippen molar-refractivity contribution < 1.29 is 4.74 Å². The van der Waals surface area contributed by atoms with Crippen molar-refractivity contribution in [2.24, 2.45) is 0 Å². The summed E-state index contributed by atoms with van der Waals surface area (Å²) in [5.41, 5.74) is 8.93. The predicted molar refractivity (Wildman–Crippen MR) is 140 cm³/mol. The Morgan fingerprint density at radius 2 is 1.91 bits per heavy atom. The van der Waals surface area contributed by atoms with Crippen LogP contribution in [-0.2, 0) is 12.1 Å². The standard InChI is InChI=1S/C30H37N3O/c1-7-32-28-17-22(4)21(3)16-26(28)31-29(32)30(5)14-9-15-33(30)27-19-24(13-12-20(27)2)23-10-8-11-25(18-23)34-6/h8,10-12,16-19,24H,7,9,13-15H2,1-6H3/t24?,30-/m0/s1. The Morgan fingerprint density at radius 3 is 2.68 bits per heavy atom. The number of ether oxygens (including phenoxy) is 1. The van der Waals surface area contributed by atoms with Crippen molar-refractivity contribution in [1.29, 1.82) is 0 Å². The summed E-state index contributed by atoms with van der Waals surface area (Å²) >= 11 is 0. The van der Waals surface area contributed by atoms with Gasteiger partial charge >= 0.3 is 0 Å². The molecule has 0 N–H and O–H groups in total. The third-order valence-electron chi connectivity index (χ3n) is 8.06.